The van der Waals surface area contributed by atoms with Crippen LogP contribution >= 0.6 is 23.6 Å². The normalized spacial score (nSPS) is 12.1. The third-order valence-corrected chi connectivity index (χ3v) is 3.66. The third kappa shape index (κ3) is 2.99. The fourth-order valence-corrected chi connectivity index (χ4v) is 2.34. The number of anilines is 1. The van der Waals surface area contributed by atoms with Gasteiger partial charge in [0.1, 0.15) is 4.99 Å². The number of thiocarbonyl (C=S) groups is 1. The van der Waals surface area contributed by atoms with E-state index in [0.29, 0.717) is 28.8 Å². The van der Waals surface area contributed by atoms with Gasteiger partial charge in [-0.05, 0) is 6.07 Å². The van der Waals surface area contributed by atoms with Crippen LogP contribution in [0, 0.1) is 0 Å². The molecule has 0 bridgehead atoms. The highest BCUT2D eigenvalue weighted by Gasteiger charge is 2.11. The van der Waals surface area contributed by atoms with Crippen molar-refractivity contribution in [1.29, 1.82) is 0 Å². The highest BCUT2D eigenvalue weighted by atomic mass is 32.1. The maximum atomic E-state index is 5.63. The summed E-state index contributed by atoms with van der Waals surface area (Å²) in [6.45, 7) is 2.81. The molecule has 0 radical (unpaired) electrons. The van der Waals surface area contributed by atoms with Crippen LogP contribution in [0.5, 0.6) is 0 Å². The van der Waals surface area contributed by atoms with Crippen LogP contribution in [0.25, 0.3) is 0 Å². The Bertz CT molecular complexity index is 526. The average Bonchev–Trinajstić information content (AvgIpc) is 2.90. The Hall–Kier alpha value is -1.60. The highest BCUT2D eigenvalue weighted by Crippen LogP contribution is 2.18. The summed E-state index contributed by atoms with van der Waals surface area (Å²) in [4.78, 5) is 4.59. The van der Waals surface area contributed by atoms with Crippen LogP contribution in [0.2, 0.25) is 0 Å². The molecule has 0 spiro atoms. The van der Waals surface area contributed by atoms with Gasteiger partial charge in [-0.3, -0.25) is 0 Å². The second-order valence-corrected chi connectivity index (χ2v) is 5.18. The molecule has 0 aromatic carbocycles. The molecule has 0 amide bonds. The summed E-state index contributed by atoms with van der Waals surface area (Å²) in [5.41, 5.74) is 6.34. The third-order valence-electron chi connectivity index (χ3n) is 2.43. The second-order valence-electron chi connectivity index (χ2n) is 3.81. The summed E-state index contributed by atoms with van der Waals surface area (Å²) in [7, 11) is 0. The van der Waals surface area contributed by atoms with Crippen molar-refractivity contribution in [3.8, 4) is 0 Å². The average molecular weight is 279 g/mol. The van der Waals surface area contributed by atoms with Gasteiger partial charge < -0.3 is 11.1 Å². The maximum absolute atomic E-state index is 5.63. The fraction of sp³-hybridized carbons (Fsp3) is 0.273. The van der Waals surface area contributed by atoms with Gasteiger partial charge in [-0.25, -0.2) is 4.98 Å². The Balaban J connectivity index is 2.04. The second kappa shape index (κ2) is 5.83. The van der Waals surface area contributed by atoms with E-state index in [2.05, 4.69) is 27.4 Å². The Labute approximate surface area is 114 Å². The number of hydrogen-bond donors (Lipinski definition) is 2. The minimum atomic E-state index is 0.297. The summed E-state index contributed by atoms with van der Waals surface area (Å²) in [6, 6.07) is 1.76. The summed E-state index contributed by atoms with van der Waals surface area (Å²) < 4.78 is 0. The van der Waals surface area contributed by atoms with E-state index in [1.807, 2.05) is 5.38 Å². The first kappa shape index (κ1) is 12.8. The topological polar surface area (TPSA) is 76.7 Å². The first-order valence-electron chi connectivity index (χ1n) is 5.43. The van der Waals surface area contributed by atoms with Crippen molar-refractivity contribution in [2.75, 3.05) is 11.9 Å². The van der Waals surface area contributed by atoms with Crippen LogP contribution in [-0.2, 0) is 0 Å². The standard InChI is InChI=1S/C11H13N5S2/c1-7(11-13-4-5-18-11)6-14-10-8(9(12)17)2-3-15-16-10/h2-5,7H,6H2,1H3,(H2,12,17)(H,14,16). The van der Waals surface area contributed by atoms with Crippen LogP contribution in [0.3, 0.4) is 0 Å². The van der Waals surface area contributed by atoms with E-state index in [-0.39, 0.29) is 0 Å². The summed E-state index contributed by atoms with van der Waals surface area (Å²) in [5, 5.41) is 14.1. The van der Waals surface area contributed by atoms with Crippen LogP contribution in [-0.4, -0.2) is 26.7 Å². The Morgan fingerprint density at radius 2 is 2.39 bits per heavy atom. The monoisotopic (exact) mass is 279 g/mol. The number of thiazole rings is 1. The molecule has 5 nitrogen and oxygen atoms in total. The van der Waals surface area contributed by atoms with Crippen molar-refractivity contribution in [2.24, 2.45) is 5.73 Å². The van der Waals surface area contributed by atoms with Crippen molar-refractivity contribution in [2.45, 2.75) is 12.8 Å². The molecular formula is C11H13N5S2. The van der Waals surface area contributed by atoms with Crippen LogP contribution in [0.1, 0.15) is 23.4 Å². The largest absolute Gasteiger partial charge is 0.389 e. The zero-order valence-corrected chi connectivity index (χ0v) is 11.5. The minimum absolute atomic E-state index is 0.297. The molecule has 18 heavy (non-hydrogen) atoms. The molecule has 0 saturated heterocycles. The zero-order valence-electron chi connectivity index (χ0n) is 9.83. The molecule has 2 aromatic heterocycles. The molecule has 2 heterocycles. The van der Waals surface area contributed by atoms with E-state index in [9.17, 15) is 0 Å². The molecule has 7 heteroatoms. The van der Waals surface area contributed by atoms with Crippen molar-refractivity contribution >= 4 is 34.4 Å². The van der Waals surface area contributed by atoms with Gasteiger partial charge in [0.15, 0.2) is 5.82 Å². The molecule has 0 fully saturated rings. The summed E-state index contributed by atoms with van der Waals surface area (Å²) >= 11 is 6.61. The van der Waals surface area contributed by atoms with Gasteiger partial charge in [-0.1, -0.05) is 19.1 Å². The van der Waals surface area contributed by atoms with E-state index in [1.165, 1.54) is 0 Å². The van der Waals surface area contributed by atoms with Crippen LogP contribution in [0.15, 0.2) is 23.8 Å². The van der Waals surface area contributed by atoms with Gasteiger partial charge in [-0.15, -0.1) is 16.4 Å². The SMILES string of the molecule is CC(CNc1nnccc1C(N)=S)c1nccs1. The first-order valence-corrected chi connectivity index (χ1v) is 6.72. The minimum Gasteiger partial charge on any atom is -0.389 e. The molecule has 0 aliphatic heterocycles. The Morgan fingerprint density at radius 3 is 3.06 bits per heavy atom. The molecule has 3 N–H and O–H groups in total. The Morgan fingerprint density at radius 1 is 1.56 bits per heavy atom. The van der Waals surface area contributed by atoms with Crippen molar-refractivity contribution in [3.63, 3.8) is 0 Å². The van der Waals surface area contributed by atoms with Crippen molar-refractivity contribution in [3.05, 3.63) is 34.4 Å². The number of hydrogen-bond acceptors (Lipinski definition) is 6. The predicted molar refractivity (Wildman–Crippen MR) is 76.9 cm³/mol. The molecule has 1 unspecified atom stereocenters. The van der Waals surface area contributed by atoms with Gasteiger partial charge in [-0.2, -0.15) is 5.10 Å². The first-order chi connectivity index (χ1) is 8.68. The van der Waals surface area contributed by atoms with Gasteiger partial charge in [0.25, 0.3) is 0 Å². The van der Waals surface area contributed by atoms with Gasteiger partial charge in [0.05, 0.1) is 16.8 Å². The van der Waals surface area contributed by atoms with Gasteiger partial charge in [0.2, 0.25) is 0 Å². The lowest BCUT2D eigenvalue weighted by Gasteiger charge is -2.12. The Kier molecular flexibility index (Phi) is 4.16. The number of aromatic nitrogens is 3. The van der Waals surface area contributed by atoms with E-state index >= 15 is 0 Å². The number of nitrogens with two attached hydrogens (primary N) is 1. The predicted octanol–water partition coefficient (Wildman–Crippen LogP) is 1.78. The maximum Gasteiger partial charge on any atom is 0.158 e. The van der Waals surface area contributed by atoms with Gasteiger partial charge in [0, 0.05) is 24.0 Å². The lowest BCUT2D eigenvalue weighted by Crippen LogP contribution is -2.17. The molecule has 1 atom stereocenters. The molecule has 0 aliphatic carbocycles. The van der Waals surface area contributed by atoms with Gasteiger partial charge >= 0.3 is 0 Å². The lowest BCUT2D eigenvalue weighted by molar-refractivity contribution is 0.788. The number of rotatable bonds is 5. The molecule has 0 aliphatic rings. The lowest BCUT2D eigenvalue weighted by atomic mass is 10.2. The quantitative estimate of drug-likeness (QED) is 0.813. The van der Waals surface area contributed by atoms with Crippen molar-refractivity contribution in [1.82, 2.24) is 15.2 Å². The smallest absolute Gasteiger partial charge is 0.158 e. The molecule has 94 valence electrons. The molecule has 0 saturated carbocycles. The number of nitrogens with one attached hydrogen (secondary N) is 1. The van der Waals surface area contributed by atoms with Crippen LogP contribution < -0.4 is 11.1 Å². The summed E-state index contributed by atoms with van der Waals surface area (Å²) in [5.74, 6) is 0.916. The fourth-order valence-electron chi connectivity index (χ4n) is 1.48. The van der Waals surface area contributed by atoms with Crippen molar-refractivity contribution < 1.29 is 0 Å². The van der Waals surface area contributed by atoms with E-state index in [1.54, 1.807) is 29.8 Å². The van der Waals surface area contributed by atoms with E-state index in [0.717, 1.165) is 5.01 Å². The number of nitrogens with zero attached hydrogens (tertiary/aromatic N) is 3. The summed E-state index contributed by atoms with van der Waals surface area (Å²) in [6.07, 6.45) is 3.38. The highest BCUT2D eigenvalue weighted by molar-refractivity contribution is 7.80. The zero-order chi connectivity index (χ0) is 13.0. The molecular weight excluding hydrogens is 266 g/mol. The van der Waals surface area contributed by atoms with E-state index in [4.69, 9.17) is 18.0 Å². The molecule has 2 aromatic rings. The molecule has 2 rings (SSSR count). The van der Waals surface area contributed by atoms with E-state index < -0.39 is 0 Å². The van der Waals surface area contributed by atoms with Crippen LogP contribution in [0.4, 0.5) is 5.82 Å².